The van der Waals surface area contributed by atoms with Gasteiger partial charge >= 0.3 is 0 Å². The Morgan fingerprint density at radius 2 is 2.05 bits per heavy atom. The van der Waals surface area contributed by atoms with Crippen molar-refractivity contribution in [1.82, 2.24) is 9.80 Å². The number of benzene rings is 1. The third-order valence-corrected chi connectivity index (χ3v) is 4.78. The molecule has 0 aromatic heterocycles. The van der Waals surface area contributed by atoms with Crippen LogP contribution in [-0.4, -0.2) is 55.4 Å². The largest absolute Gasteiger partial charge is 0.305 e. The topological polar surface area (TPSA) is 23.6 Å². The smallest absolute Gasteiger partial charge is 0.162 e. The molecule has 1 aliphatic heterocycles. The van der Waals surface area contributed by atoms with E-state index in [2.05, 4.69) is 39.8 Å². The zero-order valence-electron chi connectivity index (χ0n) is 13.0. The summed E-state index contributed by atoms with van der Waals surface area (Å²) < 4.78 is 1.02. The average Bonchev–Trinajstić information content (AvgIpc) is 2.48. The fourth-order valence-electron chi connectivity index (χ4n) is 2.90. The molecule has 1 aliphatic rings. The van der Waals surface area contributed by atoms with E-state index >= 15 is 0 Å². The van der Waals surface area contributed by atoms with Gasteiger partial charge in [0.25, 0.3) is 0 Å². The van der Waals surface area contributed by atoms with Crippen LogP contribution in [-0.2, 0) is 0 Å². The van der Waals surface area contributed by atoms with E-state index in [4.69, 9.17) is 0 Å². The van der Waals surface area contributed by atoms with Crippen molar-refractivity contribution in [2.24, 2.45) is 0 Å². The number of carbonyl (C=O) groups excluding carboxylic acids is 1. The van der Waals surface area contributed by atoms with Gasteiger partial charge in [0, 0.05) is 29.0 Å². The van der Waals surface area contributed by atoms with Crippen molar-refractivity contribution in [3.05, 3.63) is 34.3 Å². The van der Waals surface area contributed by atoms with E-state index < -0.39 is 0 Å². The fourth-order valence-corrected chi connectivity index (χ4v) is 3.16. The molecule has 0 bridgehead atoms. The highest BCUT2D eigenvalue weighted by Gasteiger charge is 2.20. The third kappa shape index (κ3) is 5.20. The number of hydrogen-bond donors (Lipinski definition) is 0. The first-order valence-corrected chi connectivity index (χ1v) is 8.53. The standard InChI is InChI=1S/C17H25BrN2O/c1-19(2)16-5-3-11-20(13-16)12-4-6-17(21)14-7-9-15(18)10-8-14/h7-10,16H,3-6,11-13H2,1-2H3. The summed E-state index contributed by atoms with van der Waals surface area (Å²) in [6, 6.07) is 8.32. The van der Waals surface area contributed by atoms with Crippen molar-refractivity contribution in [3.63, 3.8) is 0 Å². The van der Waals surface area contributed by atoms with Crippen molar-refractivity contribution in [3.8, 4) is 0 Å². The Labute approximate surface area is 136 Å². The van der Waals surface area contributed by atoms with E-state index in [9.17, 15) is 4.79 Å². The van der Waals surface area contributed by atoms with Crippen molar-refractivity contribution >= 4 is 21.7 Å². The molecule has 4 heteroatoms. The summed E-state index contributed by atoms with van der Waals surface area (Å²) >= 11 is 3.39. The van der Waals surface area contributed by atoms with Gasteiger partial charge in [-0.2, -0.15) is 0 Å². The van der Waals surface area contributed by atoms with Crippen molar-refractivity contribution < 1.29 is 4.79 Å². The number of ketones is 1. The Kier molecular flexibility index (Phi) is 6.40. The minimum absolute atomic E-state index is 0.253. The molecule has 1 aromatic rings. The van der Waals surface area contributed by atoms with Gasteiger partial charge in [0.1, 0.15) is 0 Å². The van der Waals surface area contributed by atoms with Gasteiger partial charge in [-0.05, 0) is 58.6 Å². The summed E-state index contributed by atoms with van der Waals surface area (Å²) in [5, 5.41) is 0. The Bertz CT molecular complexity index is 458. The molecule has 1 heterocycles. The number of piperidine rings is 1. The molecule has 0 N–H and O–H groups in total. The molecule has 1 atom stereocenters. The van der Waals surface area contributed by atoms with Gasteiger partial charge in [-0.3, -0.25) is 4.79 Å². The van der Waals surface area contributed by atoms with E-state index in [0.717, 1.165) is 29.5 Å². The lowest BCUT2D eigenvalue weighted by Gasteiger charge is -2.36. The van der Waals surface area contributed by atoms with Crippen LogP contribution >= 0.6 is 15.9 Å². The lowest BCUT2D eigenvalue weighted by molar-refractivity contribution is 0.0962. The van der Waals surface area contributed by atoms with E-state index in [1.807, 2.05) is 24.3 Å². The molecule has 21 heavy (non-hydrogen) atoms. The van der Waals surface area contributed by atoms with E-state index in [0.29, 0.717) is 12.5 Å². The zero-order chi connectivity index (χ0) is 15.2. The molecule has 3 nitrogen and oxygen atoms in total. The molecule has 0 spiro atoms. The number of rotatable bonds is 6. The summed E-state index contributed by atoms with van der Waals surface area (Å²) in [6.45, 7) is 3.35. The molecule has 1 fully saturated rings. The maximum absolute atomic E-state index is 12.1. The van der Waals surface area contributed by atoms with Gasteiger partial charge in [0.05, 0.1) is 0 Å². The predicted molar refractivity (Wildman–Crippen MR) is 90.9 cm³/mol. The summed E-state index contributed by atoms with van der Waals surface area (Å²) in [4.78, 5) is 16.9. The Morgan fingerprint density at radius 3 is 2.71 bits per heavy atom. The van der Waals surface area contributed by atoms with E-state index in [1.54, 1.807) is 0 Å². The Balaban J connectivity index is 1.73. The SMILES string of the molecule is CN(C)C1CCCN(CCCC(=O)c2ccc(Br)cc2)C1. The molecule has 0 saturated carbocycles. The van der Waals surface area contributed by atoms with Gasteiger partial charge in [-0.1, -0.05) is 28.1 Å². The first-order chi connectivity index (χ1) is 10.1. The number of likely N-dealkylation sites (tertiary alicyclic amines) is 1. The minimum atomic E-state index is 0.253. The van der Waals surface area contributed by atoms with Gasteiger partial charge < -0.3 is 9.80 Å². The second-order valence-electron chi connectivity index (χ2n) is 6.09. The van der Waals surface area contributed by atoms with Crippen molar-refractivity contribution in [2.45, 2.75) is 31.7 Å². The molecule has 0 radical (unpaired) electrons. The van der Waals surface area contributed by atoms with Crippen molar-refractivity contribution in [2.75, 3.05) is 33.7 Å². The summed E-state index contributed by atoms with van der Waals surface area (Å²) in [5.41, 5.74) is 0.822. The highest BCUT2D eigenvalue weighted by atomic mass is 79.9. The molecule has 1 aromatic carbocycles. The lowest BCUT2D eigenvalue weighted by atomic mass is 10.0. The summed E-state index contributed by atoms with van der Waals surface area (Å²) in [7, 11) is 4.32. The molecule has 1 saturated heterocycles. The van der Waals surface area contributed by atoms with E-state index in [-0.39, 0.29) is 5.78 Å². The van der Waals surface area contributed by atoms with Crippen LogP contribution in [0.15, 0.2) is 28.7 Å². The van der Waals surface area contributed by atoms with Crippen LogP contribution in [0, 0.1) is 0 Å². The monoisotopic (exact) mass is 352 g/mol. The summed E-state index contributed by atoms with van der Waals surface area (Å²) in [5.74, 6) is 0.253. The van der Waals surface area contributed by atoms with E-state index in [1.165, 1.54) is 19.4 Å². The van der Waals surface area contributed by atoms with Crippen LogP contribution in [0.3, 0.4) is 0 Å². The molecule has 1 unspecified atom stereocenters. The molecular weight excluding hydrogens is 328 g/mol. The number of hydrogen-bond acceptors (Lipinski definition) is 3. The zero-order valence-corrected chi connectivity index (χ0v) is 14.6. The number of Topliss-reactive ketones (excluding diaryl/α,β-unsaturated/α-hetero) is 1. The minimum Gasteiger partial charge on any atom is -0.305 e. The first-order valence-electron chi connectivity index (χ1n) is 7.74. The fraction of sp³-hybridized carbons (Fsp3) is 0.588. The second-order valence-corrected chi connectivity index (χ2v) is 7.01. The molecule has 116 valence electrons. The Morgan fingerprint density at radius 1 is 1.33 bits per heavy atom. The highest BCUT2D eigenvalue weighted by Crippen LogP contribution is 2.16. The maximum Gasteiger partial charge on any atom is 0.162 e. The average molecular weight is 353 g/mol. The van der Waals surface area contributed by atoms with Crippen molar-refractivity contribution in [1.29, 1.82) is 0 Å². The number of nitrogens with zero attached hydrogens (tertiary/aromatic N) is 2. The quantitative estimate of drug-likeness (QED) is 0.732. The molecule has 0 amide bonds. The number of halogens is 1. The van der Waals surface area contributed by atoms with Gasteiger partial charge in [0.15, 0.2) is 5.78 Å². The lowest BCUT2D eigenvalue weighted by Crippen LogP contribution is -2.45. The van der Waals surface area contributed by atoms with Crippen LogP contribution in [0.2, 0.25) is 0 Å². The predicted octanol–water partition coefficient (Wildman–Crippen LogP) is 3.44. The second kappa shape index (κ2) is 8.06. The first kappa shape index (κ1) is 16.7. The van der Waals surface area contributed by atoms with Gasteiger partial charge in [0.2, 0.25) is 0 Å². The molecule has 2 rings (SSSR count). The van der Waals surface area contributed by atoms with Crippen LogP contribution < -0.4 is 0 Å². The maximum atomic E-state index is 12.1. The van der Waals surface area contributed by atoms with Crippen LogP contribution in [0.25, 0.3) is 0 Å². The molecule has 0 aliphatic carbocycles. The van der Waals surface area contributed by atoms with Crippen LogP contribution in [0.1, 0.15) is 36.0 Å². The van der Waals surface area contributed by atoms with Crippen LogP contribution in [0.5, 0.6) is 0 Å². The number of carbonyl (C=O) groups is 1. The Hall–Kier alpha value is -0.710. The van der Waals surface area contributed by atoms with Crippen LogP contribution in [0.4, 0.5) is 0 Å². The third-order valence-electron chi connectivity index (χ3n) is 4.26. The normalized spacial score (nSPS) is 19.9. The van der Waals surface area contributed by atoms with Gasteiger partial charge in [-0.25, -0.2) is 0 Å². The highest BCUT2D eigenvalue weighted by molar-refractivity contribution is 9.10. The van der Waals surface area contributed by atoms with Gasteiger partial charge in [-0.15, -0.1) is 0 Å². The number of likely N-dealkylation sites (N-methyl/N-ethyl adjacent to an activating group) is 1. The molecular formula is C17H25BrN2O. The summed E-state index contributed by atoms with van der Waals surface area (Å²) in [6.07, 6.45) is 4.16.